The van der Waals surface area contributed by atoms with Crippen molar-refractivity contribution in [2.75, 3.05) is 32.6 Å². The zero-order valence-corrected chi connectivity index (χ0v) is 11.3. The van der Waals surface area contributed by atoms with Crippen LogP contribution in [0.2, 0.25) is 0 Å². The van der Waals surface area contributed by atoms with Gasteiger partial charge in [0.2, 0.25) is 0 Å². The molecule has 1 aromatic carbocycles. The summed E-state index contributed by atoms with van der Waals surface area (Å²) >= 11 is 1.90. The second kappa shape index (κ2) is 7.71. The first kappa shape index (κ1) is 13.6. The molecule has 0 unspecified atom stereocenters. The third-order valence-corrected chi connectivity index (χ3v) is 3.19. The summed E-state index contributed by atoms with van der Waals surface area (Å²) in [6, 6.07) is 8.66. The van der Waals surface area contributed by atoms with Crippen LogP contribution in [0.15, 0.2) is 24.3 Å². The van der Waals surface area contributed by atoms with E-state index in [-0.39, 0.29) is 0 Å². The van der Waals surface area contributed by atoms with Crippen LogP contribution in [0.3, 0.4) is 0 Å². The maximum absolute atomic E-state index is 3.22. The number of hydrogen-bond donors (Lipinski definition) is 1. The lowest BCUT2D eigenvalue weighted by Gasteiger charge is -2.18. The van der Waals surface area contributed by atoms with Gasteiger partial charge in [-0.05, 0) is 31.5 Å². The van der Waals surface area contributed by atoms with E-state index in [9.17, 15) is 0 Å². The molecular formula is C13H22N2S. The molecule has 0 aliphatic rings. The van der Waals surface area contributed by atoms with Crippen LogP contribution in [0.1, 0.15) is 11.1 Å². The Morgan fingerprint density at radius 1 is 1.25 bits per heavy atom. The molecule has 0 amide bonds. The molecule has 0 fully saturated rings. The van der Waals surface area contributed by atoms with E-state index in [1.807, 2.05) is 18.8 Å². The molecule has 0 bridgehead atoms. The second-order valence-corrected chi connectivity index (χ2v) is 5.02. The van der Waals surface area contributed by atoms with E-state index in [1.165, 1.54) is 16.9 Å². The van der Waals surface area contributed by atoms with Crippen molar-refractivity contribution in [2.45, 2.75) is 13.1 Å². The molecule has 0 aliphatic heterocycles. The van der Waals surface area contributed by atoms with Crippen molar-refractivity contribution in [3.8, 4) is 0 Å². The Bertz CT molecular complexity index is 302. The average molecular weight is 238 g/mol. The minimum Gasteiger partial charge on any atom is -0.316 e. The fourth-order valence-corrected chi connectivity index (χ4v) is 2.19. The predicted octanol–water partition coefficient (Wildman–Crippen LogP) is 2.20. The predicted molar refractivity (Wildman–Crippen MR) is 73.9 cm³/mol. The van der Waals surface area contributed by atoms with Gasteiger partial charge >= 0.3 is 0 Å². The molecular weight excluding hydrogens is 216 g/mol. The Kier molecular flexibility index (Phi) is 6.53. The molecule has 0 saturated carbocycles. The summed E-state index contributed by atoms with van der Waals surface area (Å²) in [5, 5.41) is 3.22. The molecule has 3 heteroatoms. The first-order chi connectivity index (χ1) is 7.77. The highest BCUT2D eigenvalue weighted by Gasteiger charge is 2.04. The van der Waals surface area contributed by atoms with Gasteiger partial charge in [-0.1, -0.05) is 24.3 Å². The minimum absolute atomic E-state index is 0.951. The maximum Gasteiger partial charge on any atom is 0.0234 e. The van der Waals surface area contributed by atoms with E-state index in [0.717, 1.165) is 19.6 Å². The van der Waals surface area contributed by atoms with Gasteiger partial charge in [0, 0.05) is 25.4 Å². The van der Waals surface area contributed by atoms with Crippen molar-refractivity contribution in [1.29, 1.82) is 0 Å². The monoisotopic (exact) mass is 238 g/mol. The Balaban J connectivity index is 2.57. The summed E-state index contributed by atoms with van der Waals surface area (Å²) in [4.78, 5) is 2.38. The molecule has 0 heterocycles. The number of nitrogens with zero attached hydrogens (tertiary/aromatic N) is 1. The molecule has 16 heavy (non-hydrogen) atoms. The number of rotatable bonds is 7. The third kappa shape index (κ3) is 4.56. The molecule has 90 valence electrons. The lowest BCUT2D eigenvalue weighted by Crippen LogP contribution is -2.22. The fourth-order valence-electron chi connectivity index (χ4n) is 1.69. The van der Waals surface area contributed by atoms with Crippen LogP contribution in [0.25, 0.3) is 0 Å². The molecule has 1 rings (SSSR count). The van der Waals surface area contributed by atoms with E-state index in [0.29, 0.717) is 0 Å². The normalized spacial score (nSPS) is 11.0. The van der Waals surface area contributed by atoms with Gasteiger partial charge in [-0.25, -0.2) is 0 Å². The summed E-state index contributed by atoms with van der Waals surface area (Å²) in [5.74, 6) is 1.20. The molecule has 0 atom stereocenters. The van der Waals surface area contributed by atoms with Gasteiger partial charge in [0.25, 0.3) is 0 Å². The first-order valence-electron chi connectivity index (χ1n) is 5.66. The fraction of sp³-hybridized carbons (Fsp3) is 0.538. The highest BCUT2D eigenvalue weighted by atomic mass is 32.2. The van der Waals surface area contributed by atoms with E-state index < -0.39 is 0 Å². The van der Waals surface area contributed by atoms with E-state index in [4.69, 9.17) is 0 Å². The number of hydrogen-bond acceptors (Lipinski definition) is 3. The largest absolute Gasteiger partial charge is 0.316 e. The van der Waals surface area contributed by atoms with Gasteiger partial charge in [-0.15, -0.1) is 0 Å². The van der Waals surface area contributed by atoms with E-state index >= 15 is 0 Å². The molecule has 0 aliphatic carbocycles. The zero-order valence-electron chi connectivity index (χ0n) is 10.5. The van der Waals surface area contributed by atoms with Crippen molar-refractivity contribution in [1.82, 2.24) is 10.2 Å². The molecule has 1 aromatic rings. The smallest absolute Gasteiger partial charge is 0.0234 e. The summed E-state index contributed by atoms with van der Waals surface area (Å²) in [7, 11) is 4.18. The minimum atomic E-state index is 0.951. The number of nitrogens with one attached hydrogen (secondary N) is 1. The highest BCUT2D eigenvalue weighted by Crippen LogP contribution is 2.11. The first-order valence-corrected chi connectivity index (χ1v) is 7.06. The van der Waals surface area contributed by atoms with Crippen molar-refractivity contribution >= 4 is 11.8 Å². The Hall–Kier alpha value is -0.510. The van der Waals surface area contributed by atoms with E-state index in [2.05, 4.69) is 47.8 Å². The topological polar surface area (TPSA) is 15.3 Å². The Morgan fingerprint density at radius 3 is 2.56 bits per heavy atom. The standard InChI is InChI=1S/C13H22N2S/c1-14-10-12-6-4-5-7-13(12)11-15(2)8-9-16-3/h4-7,14H,8-11H2,1-3H3. The van der Waals surface area contributed by atoms with Crippen LogP contribution in [-0.4, -0.2) is 37.5 Å². The molecule has 1 N–H and O–H groups in total. The Morgan fingerprint density at radius 2 is 1.94 bits per heavy atom. The third-order valence-electron chi connectivity index (χ3n) is 2.60. The van der Waals surface area contributed by atoms with Crippen molar-refractivity contribution in [3.05, 3.63) is 35.4 Å². The van der Waals surface area contributed by atoms with Crippen LogP contribution >= 0.6 is 11.8 Å². The summed E-state index contributed by atoms with van der Waals surface area (Å²) in [6.07, 6.45) is 2.16. The molecule has 0 saturated heterocycles. The van der Waals surface area contributed by atoms with Crippen LogP contribution in [0, 0.1) is 0 Å². The summed E-state index contributed by atoms with van der Waals surface area (Å²) in [5.41, 5.74) is 2.83. The number of benzene rings is 1. The van der Waals surface area contributed by atoms with Gasteiger partial charge in [-0.3, -0.25) is 0 Å². The van der Waals surface area contributed by atoms with Crippen LogP contribution in [0.4, 0.5) is 0 Å². The van der Waals surface area contributed by atoms with Crippen LogP contribution < -0.4 is 5.32 Å². The molecule has 0 spiro atoms. The van der Waals surface area contributed by atoms with Crippen LogP contribution in [-0.2, 0) is 13.1 Å². The summed E-state index contributed by atoms with van der Waals surface area (Å²) in [6.45, 7) is 3.14. The highest BCUT2D eigenvalue weighted by molar-refractivity contribution is 7.98. The number of thioether (sulfide) groups is 1. The van der Waals surface area contributed by atoms with Crippen molar-refractivity contribution in [3.63, 3.8) is 0 Å². The maximum atomic E-state index is 3.22. The second-order valence-electron chi connectivity index (χ2n) is 4.03. The lowest BCUT2D eigenvalue weighted by molar-refractivity contribution is 0.347. The average Bonchev–Trinajstić information content (AvgIpc) is 2.29. The van der Waals surface area contributed by atoms with Gasteiger partial charge in [0.05, 0.1) is 0 Å². The molecule has 0 radical (unpaired) electrons. The summed E-state index contributed by atoms with van der Waals surface area (Å²) < 4.78 is 0. The van der Waals surface area contributed by atoms with Gasteiger partial charge in [-0.2, -0.15) is 11.8 Å². The van der Waals surface area contributed by atoms with Gasteiger partial charge < -0.3 is 10.2 Å². The van der Waals surface area contributed by atoms with Gasteiger partial charge in [0.1, 0.15) is 0 Å². The van der Waals surface area contributed by atoms with Crippen LogP contribution in [0.5, 0.6) is 0 Å². The zero-order chi connectivity index (χ0) is 11.8. The quantitative estimate of drug-likeness (QED) is 0.784. The Labute approximate surface area is 103 Å². The molecule has 2 nitrogen and oxygen atoms in total. The van der Waals surface area contributed by atoms with Crippen molar-refractivity contribution < 1.29 is 0 Å². The van der Waals surface area contributed by atoms with Crippen molar-refractivity contribution in [2.24, 2.45) is 0 Å². The molecule has 0 aromatic heterocycles. The van der Waals surface area contributed by atoms with E-state index in [1.54, 1.807) is 0 Å². The SMILES string of the molecule is CNCc1ccccc1CN(C)CCSC. The van der Waals surface area contributed by atoms with Gasteiger partial charge in [0.15, 0.2) is 0 Å². The lowest BCUT2D eigenvalue weighted by atomic mass is 10.1.